The van der Waals surface area contributed by atoms with Crippen molar-refractivity contribution in [2.75, 3.05) is 34.0 Å². The molecule has 0 aliphatic heterocycles. The summed E-state index contributed by atoms with van der Waals surface area (Å²) in [7, 11) is 5.40. The van der Waals surface area contributed by atoms with Crippen LogP contribution in [-0.2, 0) is 9.47 Å². The Bertz CT molecular complexity index is 94.3. The molecular weight excluding hydrogens is 155 g/mol. The van der Waals surface area contributed by atoms with E-state index in [0.29, 0.717) is 24.9 Å². The molecule has 0 saturated carbocycles. The van der Waals surface area contributed by atoms with Gasteiger partial charge in [-0.15, -0.1) is 0 Å². The summed E-state index contributed by atoms with van der Waals surface area (Å²) in [5.41, 5.74) is 0. The summed E-state index contributed by atoms with van der Waals surface area (Å²) in [4.78, 5) is 0. The van der Waals surface area contributed by atoms with E-state index in [1.807, 2.05) is 7.85 Å². The second-order valence-corrected chi connectivity index (χ2v) is 3.30. The third kappa shape index (κ3) is 5.58. The van der Waals surface area contributed by atoms with Crippen LogP contribution in [0.2, 0.25) is 5.82 Å². The van der Waals surface area contributed by atoms with Crippen LogP contribution in [0, 0.1) is 5.92 Å². The fourth-order valence-corrected chi connectivity index (χ4v) is 1.30. The number of ether oxygens (including phenoxy) is 2. The minimum Gasteiger partial charge on any atom is -0.397 e. The second kappa shape index (κ2) is 7.59. The molecule has 0 rings (SSSR count). The maximum atomic E-state index is 8.84. The largest absolute Gasteiger partial charge is 0.397 e. The van der Waals surface area contributed by atoms with E-state index in [-0.39, 0.29) is 6.61 Å². The van der Waals surface area contributed by atoms with Crippen molar-refractivity contribution in [3.63, 3.8) is 0 Å². The summed E-state index contributed by atoms with van der Waals surface area (Å²) >= 11 is 0. The lowest BCUT2D eigenvalue weighted by molar-refractivity contribution is 0.0768. The van der Waals surface area contributed by atoms with Crippen LogP contribution in [0.4, 0.5) is 0 Å². The molecule has 0 spiro atoms. The molecule has 0 aliphatic rings. The molecule has 0 heterocycles. The molecule has 0 fully saturated rings. The van der Waals surface area contributed by atoms with Gasteiger partial charge in [0.2, 0.25) is 0 Å². The lowest BCUT2D eigenvalue weighted by Gasteiger charge is -2.17. The third-order valence-electron chi connectivity index (χ3n) is 1.85. The highest BCUT2D eigenvalue weighted by atomic mass is 16.5. The summed E-state index contributed by atoms with van der Waals surface area (Å²) in [5.74, 6) is 0.738. The molecule has 12 heavy (non-hydrogen) atoms. The summed E-state index contributed by atoms with van der Waals surface area (Å²) in [6.45, 7) is 1.65. The van der Waals surface area contributed by atoms with Gasteiger partial charge in [-0.3, -0.25) is 0 Å². The average molecular weight is 174 g/mol. The van der Waals surface area contributed by atoms with Gasteiger partial charge in [-0.1, -0.05) is 0 Å². The Morgan fingerprint density at radius 2 is 1.75 bits per heavy atom. The molecule has 1 atom stereocenters. The van der Waals surface area contributed by atoms with E-state index in [4.69, 9.17) is 14.6 Å². The minimum atomic E-state index is 0.240. The number of aliphatic hydroxyl groups excluding tert-OH is 1. The molecule has 0 aliphatic carbocycles. The highest BCUT2D eigenvalue weighted by molar-refractivity contribution is 6.11. The monoisotopic (exact) mass is 174 g/mol. The predicted octanol–water partition coefficient (Wildman–Crippen LogP) is -0.301. The van der Waals surface area contributed by atoms with Crippen LogP contribution < -0.4 is 0 Å². The van der Waals surface area contributed by atoms with Crippen molar-refractivity contribution in [1.29, 1.82) is 0 Å². The van der Waals surface area contributed by atoms with E-state index in [1.165, 1.54) is 0 Å². The number of methoxy groups -OCH3 is 2. The summed E-state index contributed by atoms with van der Waals surface area (Å²) < 4.78 is 10.1. The van der Waals surface area contributed by atoms with Crippen LogP contribution in [0.1, 0.15) is 6.42 Å². The topological polar surface area (TPSA) is 38.7 Å². The van der Waals surface area contributed by atoms with Gasteiger partial charge in [-0.05, 0) is 12.2 Å². The lowest BCUT2D eigenvalue weighted by Crippen LogP contribution is -2.17. The maximum absolute atomic E-state index is 8.84. The van der Waals surface area contributed by atoms with Crippen LogP contribution in [0.25, 0.3) is 0 Å². The fourth-order valence-electron chi connectivity index (χ4n) is 1.30. The van der Waals surface area contributed by atoms with Gasteiger partial charge >= 0.3 is 0 Å². The van der Waals surface area contributed by atoms with Crippen LogP contribution >= 0.6 is 0 Å². The molecule has 0 saturated heterocycles. The van der Waals surface area contributed by atoms with Gasteiger partial charge < -0.3 is 14.6 Å². The van der Waals surface area contributed by atoms with Crippen molar-refractivity contribution in [3.05, 3.63) is 0 Å². The Morgan fingerprint density at radius 1 is 1.25 bits per heavy atom. The molecule has 0 aromatic heterocycles. The van der Waals surface area contributed by atoms with Gasteiger partial charge in [0.15, 0.2) is 0 Å². The molecule has 1 N–H and O–H groups in total. The van der Waals surface area contributed by atoms with Crippen molar-refractivity contribution >= 4 is 7.85 Å². The standard InChI is InChI=1S/C8H19BO3/c1-11-5-7(6-12-2)3-8(9)4-10/h7-8,10H,3-6,9H2,1-2H3/t8-/m1/s1. The molecule has 0 bridgehead atoms. The average Bonchev–Trinajstić information content (AvgIpc) is 2.05. The van der Waals surface area contributed by atoms with Crippen molar-refractivity contribution in [1.82, 2.24) is 0 Å². The van der Waals surface area contributed by atoms with E-state index in [1.54, 1.807) is 14.2 Å². The zero-order valence-electron chi connectivity index (χ0n) is 8.25. The van der Waals surface area contributed by atoms with Crippen molar-refractivity contribution in [3.8, 4) is 0 Å². The first-order valence-electron chi connectivity index (χ1n) is 4.33. The first-order chi connectivity index (χ1) is 5.74. The van der Waals surface area contributed by atoms with Crippen LogP contribution in [0.15, 0.2) is 0 Å². The zero-order valence-corrected chi connectivity index (χ0v) is 8.25. The van der Waals surface area contributed by atoms with Crippen molar-refractivity contribution in [2.24, 2.45) is 5.92 Å². The van der Waals surface area contributed by atoms with Gasteiger partial charge in [-0.2, -0.15) is 0 Å². The first-order valence-corrected chi connectivity index (χ1v) is 4.33. The molecular formula is C8H19BO3. The molecule has 0 amide bonds. The van der Waals surface area contributed by atoms with Crippen LogP contribution in [0.3, 0.4) is 0 Å². The quantitative estimate of drug-likeness (QED) is 0.538. The summed E-state index contributed by atoms with van der Waals surface area (Å²) in [5, 5.41) is 8.84. The normalized spacial score (nSPS) is 13.7. The Kier molecular flexibility index (Phi) is 7.55. The Balaban J connectivity index is 3.61. The molecule has 0 radical (unpaired) electrons. The van der Waals surface area contributed by atoms with Crippen LogP contribution in [-0.4, -0.2) is 47.0 Å². The Morgan fingerprint density at radius 3 is 2.08 bits per heavy atom. The number of rotatable bonds is 7. The SMILES string of the molecule is B[C@@H](CO)CC(COC)COC. The fraction of sp³-hybridized carbons (Fsp3) is 1.00. The molecule has 0 aromatic carbocycles. The number of aliphatic hydroxyl groups is 1. The minimum absolute atomic E-state index is 0.240. The van der Waals surface area contributed by atoms with E-state index >= 15 is 0 Å². The van der Waals surface area contributed by atoms with Crippen molar-refractivity contribution < 1.29 is 14.6 Å². The van der Waals surface area contributed by atoms with Crippen LogP contribution in [0.5, 0.6) is 0 Å². The van der Waals surface area contributed by atoms with Gasteiger partial charge in [-0.25, -0.2) is 0 Å². The third-order valence-corrected chi connectivity index (χ3v) is 1.85. The number of hydrogen-bond acceptors (Lipinski definition) is 3. The summed E-state index contributed by atoms with van der Waals surface area (Å²) in [6.07, 6.45) is 0.957. The molecule has 0 unspecified atom stereocenters. The maximum Gasteiger partial charge on any atom is 0.108 e. The molecule has 3 nitrogen and oxygen atoms in total. The van der Waals surface area contributed by atoms with Gasteiger partial charge in [0, 0.05) is 26.7 Å². The smallest absolute Gasteiger partial charge is 0.108 e. The van der Waals surface area contributed by atoms with E-state index in [9.17, 15) is 0 Å². The highest BCUT2D eigenvalue weighted by Crippen LogP contribution is 2.14. The second-order valence-electron chi connectivity index (χ2n) is 3.30. The van der Waals surface area contributed by atoms with E-state index in [0.717, 1.165) is 6.42 Å². The van der Waals surface area contributed by atoms with Gasteiger partial charge in [0.1, 0.15) is 7.85 Å². The van der Waals surface area contributed by atoms with Gasteiger partial charge in [0.25, 0.3) is 0 Å². The van der Waals surface area contributed by atoms with Gasteiger partial charge in [0.05, 0.1) is 13.2 Å². The highest BCUT2D eigenvalue weighted by Gasteiger charge is 2.12. The molecule has 72 valence electrons. The summed E-state index contributed by atoms with van der Waals surface area (Å²) in [6, 6.07) is 0. The van der Waals surface area contributed by atoms with Crippen molar-refractivity contribution in [2.45, 2.75) is 12.2 Å². The lowest BCUT2D eigenvalue weighted by atomic mass is 9.81. The zero-order chi connectivity index (χ0) is 9.40. The first kappa shape index (κ1) is 11.9. The Hall–Kier alpha value is -0.0551. The Labute approximate surface area is 75.5 Å². The molecule has 4 heteroatoms. The predicted molar refractivity (Wildman–Crippen MR) is 51.2 cm³/mol. The number of hydrogen-bond donors (Lipinski definition) is 1. The van der Waals surface area contributed by atoms with E-state index in [2.05, 4.69) is 0 Å². The van der Waals surface area contributed by atoms with E-state index < -0.39 is 0 Å². The molecule has 0 aromatic rings.